The number of nitrogens with zero attached hydrogens (tertiary/aromatic N) is 2. The van der Waals surface area contributed by atoms with Crippen molar-refractivity contribution in [1.82, 2.24) is 14.9 Å². The molecule has 5 heteroatoms. The molecule has 5 nitrogen and oxygen atoms in total. The van der Waals surface area contributed by atoms with Crippen LogP contribution in [0.5, 0.6) is 0 Å². The molecule has 1 saturated heterocycles. The molecule has 2 aromatic heterocycles. The maximum absolute atomic E-state index is 12.8. The SMILES string of the molecule is CCc1[nH]c2c(CNc3cc(C(=O)N4CCCCC4)ccn3)cc(C)cc2c1C. The van der Waals surface area contributed by atoms with Gasteiger partial charge in [0.05, 0.1) is 5.52 Å². The molecule has 0 radical (unpaired) electrons. The van der Waals surface area contributed by atoms with E-state index in [2.05, 4.69) is 48.2 Å². The third-order valence-corrected chi connectivity index (χ3v) is 5.96. The van der Waals surface area contributed by atoms with Gasteiger partial charge in [-0.1, -0.05) is 18.6 Å². The van der Waals surface area contributed by atoms with E-state index >= 15 is 0 Å². The van der Waals surface area contributed by atoms with Crippen molar-refractivity contribution < 1.29 is 4.79 Å². The molecule has 29 heavy (non-hydrogen) atoms. The topological polar surface area (TPSA) is 61.0 Å². The summed E-state index contributed by atoms with van der Waals surface area (Å²) in [6, 6.07) is 8.16. The van der Waals surface area contributed by atoms with E-state index in [-0.39, 0.29) is 5.91 Å². The Morgan fingerprint density at radius 3 is 2.72 bits per heavy atom. The Morgan fingerprint density at radius 2 is 1.97 bits per heavy atom. The van der Waals surface area contributed by atoms with Crippen molar-refractivity contribution in [2.75, 3.05) is 18.4 Å². The second-order valence-corrected chi connectivity index (χ2v) is 8.06. The molecule has 0 bridgehead atoms. The van der Waals surface area contributed by atoms with E-state index in [1.165, 1.54) is 39.7 Å². The number of carbonyl (C=O) groups excluding carboxylic acids is 1. The number of hydrogen-bond acceptors (Lipinski definition) is 3. The number of anilines is 1. The number of pyridine rings is 1. The molecule has 0 unspecified atom stereocenters. The summed E-state index contributed by atoms with van der Waals surface area (Å²) in [6.07, 6.45) is 6.13. The van der Waals surface area contributed by atoms with Crippen molar-refractivity contribution in [3.63, 3.8) is 0 Å². The number of rotatable bonds is 5. The van der Waals surface area contributed by atoms with Gasteiger partial charge in [0.1, 0.15) is 5.82 Å². The van der Waals surface area contributed by atoms with Crippen LogP contribution in [0.25, 0.3) is 10.9 Å². The number of fused-ring (bicyclic) bond motifs is 1. The summed E-state index contributed by atoms with van der Waals surface area (Å²) >= 11 is 0. The van der Waals surface area contributed by atoms with Crippen LogP contribution in [0.3, 0.4) is 0 Å². The first kappa shape index (κ1) is 19.5. The van der Waals surface area contributed by atoms with E-state index in [0.717, 1.165) is 38.2 Å². The highest BCUT2D eigenvalue weighted by atomic mass is 16.2. The van der Waals surface area contributed by atoms with Gasteiger partial charge >= 0.3 is 0 Å². The average Bonchev–Trinajstić information content (AvgIpc) is 3.08. The number of H-pyrrole nitrogens is 1. The molecule has 0 saturated carbocycles. The van der Waals surface area contributed by atoms with Crippen molar-refractivity contribution >= 4 is 22.6 Å². The summed E-state index contributed by atoms with van der Waals surface area (Å²) in [5.41, 5.74) is 7.00. The van der Waals surface area contributed by atoms with Crippen molar-refractivity contribution in [3.05, 3.63) is 58.4 Å². The lowest BCUT2D eigenvalue weighted by Crippen LogP contribution is -2.35. The third kappa shape index (κ3) is 4.00. The molecule has 4 rings (SSSR count). The lowest BCUT2D eigenvalue weighted by molar-refractivity contribution is 0.0724. The summed E-state index contributed by atoms with van der Waals surface area (Å²) in [7, 11) is 0. The van der Waals surface area contributed by atoms with Crippen molar-refractivity contribution in [2.24, 2.45) is 0 Å². The quantitative estimate of drug-likeness (QED) is 0.646. The van der Waals surface area contributed by atoms with Crippen molar-refractivity contribution in [2.45, 2.75) is 53.0 Å². The molecular weight excluding hydrogens is 360 g/mol. The lowest BCUT2D eigenvalue weighted by Gasteiger charge is -2.26. The van der Waals surface area contributed by atoms with Crippen molar-refractivity contribution in [1.29, 1.82) is 0 Å². The number of piperidine rings is 1. The highest BCUT2D eigenvalue weighted by molar-refractivity contribution is 5.95. The first-order valence-electron chi connectivity index (χ1n) is 10.7. The summed E-state index contributed by atoms with van der Waals surface area (Å²) < 4.78 is 0. The van der Waals surface area contributed by atoms with Gasteiger partial charge < -0.3 is 15.2 Å². The monoisotopic (exact) mass is 390 g/mol. The van der Waals surface area contributed by atoms with Gasteiger partial charge in [0, 0.05) is 42.5 Å². The number of nitrogens with one attached hydrogen (secondary N) is 2. The van der Waals surface area contributed by atoms with Gasteiger partial charge in [-0.3, -0.25) is 4.79 Å². The van der Waals surface area contributed by atoms with Gasteiger partial charge in [0.15, 0.2) is 0 Å². The molecule has 1 aliphatic heterocycles. The fourth-order valence-corrected chi connectivity index (χ4v) is 4.33. The number of carbonyl (C=O) groups is 1. The standard InChI is InChI=1S/C24H30N4O/c1-4-21-17(3)20-13-16(2)12-19(23(20)27-21)15-26-22-14-18(8-9-25-22)24(29)28-10-6-5-7-11-28/h8-9,12-14,27H,4-7,10-11,15H2,1-3H3,(H,25,26). The largest absolute Gasteiger partial charge is 0.366 e. The van der Waals surface area contributed by atoms with Gasteiger partial charge in [-0.05, 0) is 68.9 Å². The van der Waals surface area contributed by atoms with Gasteiger partial charge in [-0.2, -0.15) is 0 Å². The second kappa shape index (κ2) is 8.27. The zero-order chi connectivity index (χ0) is 20.4. The molecule has 152 valence electrons. The molecule has 0 aliphatic carbocycles. The van der Waals surface area contributed by atoms with E-state index in [1.807, 2.05) is 17.0 Å². The minimum Gasteiger partial charge on any atom is -0.366 e. The summed E-state index contributed by atoms with van der Waals surface area (Å²) in [4.78, 5) is 22.8. The predicted octanol–water partition coefficient (Wildman–Crippen LogP) is 4.98. The molecule has 3 aromatic rings. The fourth-order valence-electron chi connectivity index (χ4n) is 4.33. The first-order valence-corrected chi connectivity index (χ1v) is 10.7. The number of benzene rings is 1. The Balaban J connectivity index is 1.54. The number of amides is 1. The van der Waals surface area contributed by atoms with Gasteiger partial charge in [-0.25, -0.2) is 4.98 Å². The van der Waals surface area contributed by atoms with Crippen LogP contribution in [0.2, 0.25) is 0 Å². The molecule has 1 aromatic carbocycles. The zero-order valence-corrected chi connectivity index (χ0v) is 17.6. The first-order chi connectivity index (χ1) is 14.1. The zero-order valence-electron chi connectivity index (χ0n) is 17.6. The summed E-state index contributed by atoms with van der Waals surface area (Å²) in [5.74, 6) is 0.849. The Kier molecular flexibility index (Phi) is 5.56. The van der Waals surface area contributed by atoms with Crippen LogP contribution < -0.4 is 5.32 Å². The van der Waals surface area contributed by atoms with Crippen molar-refractivity contribution in [3.8, 4) is 0 Å². The maximum Gasteiger partial charge on any atom is 0.254 e. The molecule has 1 amide bonds. The van der Waals surface area contributed by atoms with Crippen LogP contribution in [-0.2, 0) is 13.0 Å². The third-order valence-electron chi connectivity index (χ3n) is 5.96. The van der Waals surface area contributed by atoms with E-state index in [0.29, 0.717) is 12.1 Å². The van der Waals surface area contributed by atoms with E-state index < -0.39 is 0 Å². The molecule has 0 atom stereocenters. The fraction of sp³-hybridized carbons (Fsp3) is 0.417. The molecule has 3 heterocycles. The Labute approximate surface area is 172 Å². The van der Waals surface area contributed by atoms with E-state index in [9.17, 15) is 4.79 Å². The van der Waals surface area contributed by atoms with Crippen LogP contribution in [0.4, 0.5) is 5.82 Å². The summed E-state index contributed by atoms with van der Waals surface area (Å²) in [6.45, 7) is 8.88. The Hall–Kier alpha value is -2.82. The van der Waals surface area contributed by atoms with E-state index in [4.69, 9.17) is 0 Å². The van der Waals surface area contributed by atoms with Crippen LogP contribution in [0.15, 0.2) is 30.5 Å². The lowest BCUT2D eigenvalue weighted by atomic mass is 10.0. The smallest absolute Gasteiger partial charge is 0.254 e. The average molecular weight is 391 g/mol. The maximum atomic E-state index is 12.8. The minimum absolute atomic E-state index is 0.112. The molecule has 1 aliphatic rings. The van der Waals surface area contributed by atoms with Gasteiger partial charge in [0.2, 0.25) is 0 Å². The number of aryl methyl sites for hydroxylation is 3. The number of aromatic amines is 1. The minimum atomic E-state index is 0.112. The molecule has 1 fully saturated rings. The van der Waals surface area contributed by atoms with Crippen LogP contribution in [0, 0.1) is 13.8 Å². The second-order valence-electron chi connectivity index (χ2n) is 8.06. The molecular formula is C24H30N4O. The molecule has 0 spiro atoms. The van der Waals surface area contributed by atoms with Crippen LogP contribution in [0.1, 0.15) is 58.9 Å². The van der Waals surface area contributed by atoms with Crippen LogP contribution >= 0.6 is 0 Å². The number of aromatic nitrogens is 2. The van der Waals surface area contributed by atoms with E-state index in [1.54, 1.807) is 6.20 Å². The van der Waals surface area contributed by atoms with Crippen LogP contribution in [-0.4, -0.2) is 33.9 Å². The van der Waals surface area contributed by atoms with Gasteiger partial charge in [0.25, 0.3) is 5.91 Å². The highest BCUT2D eigenvalue weighted by Gasteiger charge is 2.18. The normalized spacial score (nSPS) is 14.4. The van der Waals surface area contributed by atoms with Gasteiger partial charge in [-0.15, -0.1) is 0 Å². The number of likely N-dealkylation sites (tertiary alicyclic amines) is 1. The Bertz CT molecular complexity index is 1030. The molecule has 2 N–H and O–H groups in total. The summed E-state index contributed by atoms with van der Waals surface area (Å²) in [5, 5.41) is 4.72. The number of hydrogen-bond donors (Lipinski definition) is 2. The predicted molar refractivity (Wildman–Crippen MR) is 118 cm³/mol. The Morgan fingerprint density at radius 1 is 1.17 bits per heavy atom. The highest BCUT2D eigenvalue weighted by Crippen LogP contribution is 2.27.